The van der Waals surface area contributed by atoms with Gasteiger partial charge in [-0.2, -0.15) is 5.10 Å². The summed E-state index contributed by atoms with van der Waals surface area (Å²) in [6, 6.07) is 1.71. The van der Waals surface area contributed by atoms with E-state index in [2.05, 4.69) is 24.3 Å². The van der Waals surface area contributed by atoms with E-state index >= 15 is 0 Å². The van der Waals surface area contributed by atoms with Crippen LogP contribution in [-0.2, 0) is 16.6 Å². The highest BCUT2D eigenvalue weighted by Crippen LogP contribution is 2.41. The second-order valence-corrected chi connectivity index (χ2v) is 7.97. The van der Waals surface area contributed by atoms with E-state index in [1.807, 2.05) is 4.90 Å². The fourth-order valence-corrected chi connectivity index (χ4v) is 3.94. The molecule has 0 radical (unpaired) electrons. The Morgan fingerprint density at radius 2 is 2.19 bits per heavy atom. The van der Waals surface area contributed by atoms with Crippen molar-refractivity contribution in [1.29, 1.82) is 0 Å². The van der Waals surface area contributed by atoms with Gasteiger partial charge in [-0.15, -0.1) is 0 Å². The van der Waals surface area contributed by atoms with Gasteiger partial charge in [0, 0.05) is 32.8 Å². The Kier molecular flexibility index (Phi) is 5.65. The molecule has 1 aromatic rings. The number of hydrogen-bond donors (Lipinski definition) is 1. The molecule has 2 fully saturated rings. The van der Waals surface area contributed by atoms with Crippen LogP contribution in [-0.4, -0.2) is 58.3 Å². The third-order valence-electron chi connectivity index (χ3n) is 5.64. The van der Waals surface area contributed by atoms with E-state index in [9.17, 15) is 9.59 Å². The third kappa shape index (κ3) is 3.92. The van der Waals surface area contributed by atoms with Gasteiger partial charge in [-0.3, -0.25) is 14.3 Å². The zero-order valence-electron chi connectivity index (χ0n) is 16.0. The molecule has 1 N–H and O–H groups in total. The van der Waals surface area contributed by atoms with Gasteiger partial charge in [0.2, 0.25) is 5.91 Å². The lowest BCUT2D eigenvalue weighted by Crippen LogP contribution is -2.66. The molecule has 1 aromatic heterocycles. The predicted octanol–water partition coefficient (Wildman–Crippen LogP) is 1.59. The number of rotatable bonds is 7. The largest absolute Gasteiger partial charge is 0.371 e. The summed E-state index contributed by atoms with van der Waals surface area (Å²) >= 11 is 0. The Morgan fingerprint density at radius 3 is 2.85 bits per heavy atom. The summed E-state index contributed by atoms with van der Waals surface area (Å²) in [4.78, 5) is 26.3. The van der Waals surface area contributed by atoms with Gasteiger partial charge in [-0.25, -0.2) is 0 Å². The third-order valence-corrected chi connectivity index (χ3v) is 5.64. The molecule has 0 bridgehead atoms. The Bertz CT molecular complexity index is 649. The Hall–Kier alpha value is -1.89. The summed E-state index contributed by atoms with van der Waals surface area (Å²) in [7, 11) is 1.76. The first-order chi connectivity index (χ1) is 12.4. The average molecular weight is 362 g/mol. The standard InChI is InChI=1S/C19H30N4O3/c1-14(2)4-5-17(24)23-12-19(13-23)15(8-11-26-19)6-9-20-18(25)16-7-10-21-22(16)3/h7,10,14-15H,4-6,8-9,11-13H2,1-3H3,(H,20,25). The molecule has 1 spiro atoms. The molecular weight excluding hydrogens is 332 g/mol. The van der Waals surface area contributed by atoms with Crippen LogP contribution in [0, 0.1) is 11.8 Å². The topological polar surface area (TPSA) is 76.5 Å². The molecule has 3 heterocycles. The molecule has 2 aliphatic rings. The minimum absolute atomic E-state index is 0.0999. The van der Waals surface area contributed by atoms with Crippen molar-refractivity contribution < 1.29 is 14.3 Å². The number of nitrogens with zero attached hydrogens (tertiary/aromatic N) is 3. The van der Waals surface area contributed by atoms with Crippen LogP contribution in [0.2, 0.25) is 0 Å². The lowest BCUT2D eigenvalue weighted by Gasteiger charge is -2.50. The average Bonchev–Trinajstić information content (AvgIpc) is 3.17. The smallest absolute Gasteiger partial charge is 0.269 e. The van der Waals surface area contributed by atoms with E-state index in [-0.39, 0.29) is 17.4 Å². The second kappa shape index (κ2) is 7.78. The molecule has 1 atom stereocenters. The number of aryl methyl sites for hydroxylation is 1. The quantitative estimate of drug-likeness (QED) is 0.799. The van der Waals surface area contributed by atoms with Crippen molar-refractivity contribution in [2.45, 2.75) is 45.1 Å². The van der Waals surface area contributed by atoms with Crippen molar-refractivity contribution in [3.63, 3.8) is 0 Å². The molecule has 7 nitrogen and oxygen atoms in total. The number of likely N-dealkylation sites (tertiary alicyclic amines) is 1. The maximum atomic E-state index is 12.2. The molecular formula is C19H30N4O3. The van der Waals surface area contributed by atoms with Crippen LogP contribution < -0.4 is 5.32 Å². The van der Waals surface area contributed by atoms with Crippen LogP contribution in [0.5, 0.6) is 0 Å². The number of aromatic nitrogens is 2. The van der Waals surface area contributed by atoms with E-state index < -0.39 is 0 Å². The number of ether oxygens (including phenoxy) is 1. The zero-order chi connectivity index (χ0) is 18.7. The highest BCUT2D eigenvalue weighted by atomic mass is 16.5. The van der Waals surface area contributed by atoms with Crippen molar-refractivity contribution in [3.05, 3.63) is 18.0 Å². The normalized spacial score (nSPS) is 21.2. The van der Waals surface area contributed by atoms with Crippen molar-refractivity contribution in [2.75, 3.05) is 26.2 Å². The van der Waals surface area contributed by atoms with Crippen LogP contribution in [0.4, 0.5) is 0 Å². The SMILES string of the molecule is CC(C)CCC(=O)N1CC2(C1)OCCC2CCNC(=O)c1ccnn1C. The van der Waals surface area contributed by atoms with Crippen LogP contribution in [0.3, 0.4) is 0 Å². The van der Waals surface area contributed by atoms with E-state index in [0.29, 0.717) is 43.6 Å². The molecule has 2 amide bonds. The predicted molar refractivity (Wildman–Crippen MR) is 97.6 cm³/mol. The summed E-state index contributed by atoms with van der Waals surface area (Å²) in [6.45, 7) is 7.03. The Morgan fingerprint density at radius 1 is 1.42 bits per heavy atom. The lowest BCUT2D eigenvalue weighted by molar-refractivity contribution is -0.165. The minimum atomic E-state index is -0.190. The molecule has 26 heavy (non-hydrogen) atoms. The summed E-state index contributed by atoms with van der Waals surface area (Å²) in [5.41, 5.74) is 0.373. The number of carbonyl (C=O) groups excluding carboxylic acids is 2. The van der Waals surface area contributed by atoms with Crippen molar-refractivity contribution in [3.8, 4) is 0 Å². The highest BCUT2D eigenvalue weighted by molar-refractivity contribution is 5.92. The maximum Gasteiger partial charge on any atom is 0.269 e. The molecule has 1 unspecified atom stereocenters. The molecule has 0 saturated carbocycles. The van der Waals surface area contributed by atoms with E-state index in [4.69, 9.17) is 4.74 Å². The minimum Gasteiger partial charge on any atom is -0.371 e. The molecule has 2 saturated heterocycles. The van der Waals surface area contributed by atoms with Gasteiger partial charge in [-0.1, -0.05) is 13.8 Å². The first kappa shape index (κ1) is 18.9. The van der Waals surface area contributed by atoms with E-state index in [0.717, 1.165) is 25.9 Å². The molecule has 3 rings (SSSR count). The van der Waals surface area contributed by atoms with Crippen LogP contribution in [0.25, 0.3) is 0 Å². The van der Waals surface area contributed by atoms with Crippen LogP contribution >= 0.6 is 0 Å². The first-order valence-electron chi connectivity index (χ1n) is 9.59. The first-order valence-corrected chi connectivity index (χ1v) is 9.59. The van der Waals surface area contributed by atoms with E-state index in [1.54, 1.807) is 24.0 Å². The molecule has 7 heteroatoms. The van der Waals surface area contributed by atoms with Crippen LogP contribution in [0.1, 0.15) is 50.0 Å². The Labute approximate surface area is 155 Å². The molecule has 144 valence electrons. The van der Waals surface area contributed by atoms with Crippen molar-refractivity contribution in [1.82, 2.24) is 20.0 Å². The van der Waals surface area contributed by atoms with Gasteiger partial charge < -0.3 is 15.0 Å². The number of hydrogen-bond acceptors (Lipinski definition) is 4. The van der Waals surface area contributed by atoms with E-state index in [1.165, 1.54) is 0 Å². The van der Waals surface area contributed by atoms with Gasteiger partial charge in [0.05, 0.1) is 13.1 Å². The summed E-state index contributed by atoms with van der Waals surface area (Å²) in [6.07, 6.45) is 5.05. The van der Waals surface area contributed by atoms with Gasteiger partial charge in [-0.05, 0) is 37.2 Å². The molecule has 0 aliphatic carbocycles. The number of nitrogens with one attached hydrogen (secondary N) is 1. The fourth-order valence-electron chi connectivity index (χ4n) is 3.94. The summed E-state index contributed by atoms with van der Waals surface area (Å²) < 4.78 is 7.59. The fraction of sp³-hybridized carbons (Fsp3) is 0.737. The number of amides is 2. The zero-order valence-corrected chi connectivity index (χ0v) is 16.0. The van der Waals surface area contributed by atoms with Crippen molar-refractivity contribution >= 4 is 11.8 Å². The lowest BCUT2D eigenvalue weighted by atomic mass is 9.78. The highest BCUT2D eigenvalue weighted by Gasteiger charge is 2.53. The number of carbonyl (C=O) groups is 2. The molecule has 2 aliphatic heterocycles. The maximum absolute atomic E-state index is 12.2. The Balaban J connectivity index is 1.44. The summed E-state index contributed by atoms with van der Waals surface area (Å²) in [5, 5.41) is 6.99. The van der Waals surface area contributed by atoms with Gasteiger partial charge in [0.25, 0.3) is 5.91 Å². The van der Waals surface area contributed by atoms with Crippen molar-refractivity contribution in [2.24, 2.45) is 18.9 Å². The molecule has 0 aromatic carbocycles. The second-order valence-electron chi connectivity index (χ2n) is 7.97. The van der Waals surface area contributed by atoms with Gasteiger partial charge in [0.15, 0.2) is 0 Å². The van der Waals surface area contributed by atoms with Gasteiger partial charge >= 0.3 is 0 Å². The monoisotopic (exact) mass is 362 g/mol. The van der Waals surface area contributed by atoms with Gasteiger partial charge in [0.1, 0.15) is 11.3 Å². The van der Waals surface area contributed by atoms with Crippen LogP contribution in [0.15, 0.2) is 12.3 Å². The summed E-state index contributed by atoms with van der Waals surface area (Å²) in [5.74, 6) is 1.08.